The molecule has 1 aromatic carbocycles. The van der Waals surface area contributed by atoms with Crippen LogP contribution in [0.15, 0.2) is 12.1 Å². The molecule has 1 amide bonds. The molecule has 22 heavy (non-hydrogen) atoms. The van der Waals surface area contributed by atoms with E-state index >= 15 is 0 Å². The molecule has 2 aliphatic rings. The lowest BCUT2D eigenvalue weighted by Gasteiger charge is -2.34. The smallest absolute Gasteiger partial charge is 0.263 e. The fraction of sp³-hybridized carbons (Fsp3) is 0.611. The summed E-state index contributed by atoms with van der Waals surface area (Å²) < 4.78 is 5.92. The van der Waals surface area contributed by atoms with Crippen LogP contribution in [0.5, 0.6) is 5.75 Å². The summed E-state index contributed by atoms with van der Waals surface area (Å²) in [5.41, 5.74) is 9.57. The minimum absolute atomic E-state index is 0.104. The molecule has 0 aromatic heterocycles. The second-order valence-corrected chi connectivity index (χ2v) is 6.87. The third kappa shape index (κ3) is 2.84. The second kappa shape index (κ2) is 5.92. The first-order chi connectivity index (χ1) is 10.5. The van der Waals surface area contributed by atoms with Crippen LogP contribution in [0.25, 0.3) is 0 Å². The standard InChI is InChI=1S/C18H26N2O2/c1-11-8-13-10-17(22-16(13)9-12(11)2)18(21)20(3)15-6-4-14(19)5-7-15/h8-9,14-15,17H,4-7,10,19H2,1-3H3/t14?,15?,17-/m1/s1. The van der Waals surface area contributed by atoms with Crippen LogP contribution in [0.1, 0.15) is 42.4 Å². The third-order valence-electron chi connectivity index (χ3n) is 5.26. The van der Waals surface area contributed by atoms with Crippen molar-refractivity contribution in [1.82, 2.24) is 4.90 Å². The molecule has 0 unspecified atom stereocenters. The Hall–Kier alpha value is -1.55. The minimum atomic E-state index is -0.364. The number of nitrogens with zero attached hydrogens (tertiary/aromatic N) is 1. The fourth-order valence-electron chi connectivity index (χ4n) is 3.55. The van der Waals surface area contributed by atoms with Gasteiger partial charge in [0.05, 0.1) is 0 Å². The Kier molecular flexibility index (Phi) is 4.13. The highest BCUT2D eigenvalue weighted by Gasteiger charge is 2.34. The van der Waals surface area contributed by atoms with Crippen LogP contribution in [-0.4, -0.2) is 36.0 Å². The monoisotopic (exact) mass is 302 g/mol. The first-order valence-electron chi connectivity index (χ1n) is 8.24. The van der Waals surface area contributed by atoms with Crippen molar-refractivity contribution in [3.8, 4) is 5.75 Å². The molecule has 1 fully saturated rings. The first-order valence-corrected chi connectivity index (χ1v) is 8.24. The van der Waals surface area contributed by atoms with E-state index in [9.17, 15) is 4.79 Å². The molecule has 0 spiro atoms. The van der Waals surface area contributed by atoms with Crippen LogP contribution >= 0.6 is 0 Å². The van der Waals surface area contributed by atoms with Gasteiger partial charge in [-0.2, -0.15) is 0 Å². The van der Waals surface area contributed by atoms with Crippen molar-refractivity contribution in [2.75, 3.05) is 7.05 Å². The Bertz CT molecular complexity index is 546. The number of hydrogen-bond donors (Lipinski definition) is 1. The van der Waals surface area contributed by atoms with Gasteiger partial charge in [-0.05, 0) is 62.3 Å². The van der Waals surface area contributed by atoms with E-state index in [1.54, 1.807) is 0 Å². The molecule has 0 saturated heterocycles. The Morgan fingerprint density at radius 3 is 2.50 bits per heavy atom. The van der Waals surface area contributed by atoms with Crippen LogP contribution < -0.4 is 10.5 Å². The van der Waals surface area contributed by atoms with Gasteiger partial charge in [0.2, 0.25) is 0 Å². The highest BCUT2D eigenvalue weighted by molar-refractivity contribution is 5.82. The maximum atomic E-state index is 12.7. The van der Waals surface area contributed by atoms with Gasteiger partial charge in [-0.1, -0.05) is 6.07 Å². The molecule has 1 heterocycles. The molecule has 120 valence electrons. The fourth-order valence-corrected chi connectivity index (χ4v) is 3.55. The largest absolute Gasteiger partial charge is 0.480 e. The highest BCUT2D eigenvalue weighted by Crippen LogP contribution is 2.32. The average Bonchev–Trinajstić information content (AvgIpc) is 2.90. The van der Waals surface area contributed by atoms with Gasteiger partial charge in [0.1, 0.15) is 5.75 Å². The van der Waals surface area contributed by atoms with Crippen LogP contribution in [-0.2, 0) is 11.2 Å². The maximum Gasteiger partial charge on any atom is 0.263 e. The Labute approximate surface area is 132 Å². The van der Waals surface area contributed by atoms with Crippen LogP contribution in [0.3, 0.4) is 0 Å². The number of rotatable bonds is 2. The van der Waals surface area contributed by atoms with Crippen molar-refractivity contribution >= 4 is 5.91 Å². The predicted molar refractivity (Wildman–Crippen MR) is 87.0 cm³/mol. The summed E-state index contributed by atoms with van der Waals surface area (Å²) in [7, 11) is 1.91. The lowest BCUT2D eigenvalue weighted by molar-refractivity contribution is -0.139. The number of aryl methyl sites for hydroxylation is 2. The van der Waals surface area contributed by atoms with Crippen LogP contribution in [0, 0.1) is 13.8 Å². The van der Waals surface area contributed by atoms with E-state index in [1.807, 2.05) is 11.9 Å². The topological polar surface area (TPSA) is 55.6 Å². The first kappa shape index (κ1) is 15.3. The number of nitrogens with two attached hydrogens (primary N) is 1. The summed E-state index contributed by atoms with van der Waals surface area (Å²) in [4.78, 5) is 14.6. The van der Waals surface area contributed by atoms with E-state index < -0.39 is 0 Å². The van der Waals surface area contributed by atoms with E-state index in [0.717, 1.165) is 37.0 Å². The Balaban J connectivity index is 1.67. The van der Waals surface area contributed by atoms with Crippen molar-refractivity contribution in [3.05, 3.63) is 28.8 Å². The molecule has 0 bridgehead atoms. The van der Waals surface area contributed by atoms with Crippen molar-refractivity contribution in [1.29, 1.82) is 0 Å². The summed E-state index contributed by atoms with van der Waals surface area (Å²) >= 11 is 0. The summed E-state index contributed by atoms with van der Waals surface area (Å²) in [5, 5.41) is 0. The summed E-state index contributed by atoms with van der Waals surface area (Å²) in [5.74, 6) is 0.979. The number of carbonyl (C=O) groups is 1. The van der Waals surface area contributed by atoms with E-state index in [4.69, 9.17) is 10.5 Å². The molecular weight excluding hydrogens is 276 g/mol. The lowest BCUT2D eigenvalue weighted by Crippen LogP contribution is -2.47. The molecule has 1 atom stereocenters. The second-order valence-electron chi connectivity index (χ2n) is 6.87. The van der Waals surface area contributed by atoms with Gasteiger partial charge in [-0.3, -0.25) is 4.79 Å². The van der Waals surface area contributed by atoms with Crippen molar-refractivity contribution in [2.45, 2.75) is 64.1 Å². The molecular formula is C18H26N2O2. The predicted octanol–water partition coefficient (Wildman–Crippen LogP) is 2.34. The molecule has 0 radical (unpaired) electrons. The average molecular weight is 302 g/mol. The number of amides is 1. The molecule has 4 heteroatoms. The molecule has 4 nitrogen and oxygen atoms in total. The summed E-state index contributed by atoms with van der Waals surface area (Å²) in [6, 6.07) is 4.82. The van der Waals surface area contributed by atoms with Gasteiger partial charge in [0, 0.05) is 25.6 Å². The zero-order valence-electron chi connectivity index (χ0n) is 13.8. The zero-order valence-corrected chi connectivity index (χ0v) is 13.8. The zero-order chi connectivity index (χ0) is 15.9. The van der Waals surface area contributed by atoms with Crippen LogP contribution in [0.4, 0.5) is 0 Å². The third-order valence-corrected chi connectivity index (χ3v) is 5.26. The van der Waals surface area contributed by atoms with Gasteiger partial charge in [-0.15, -0.1) is 0 Å². The number of ether oxygens (including phenoxy) is 1. The summed E-state index contributed by atoms with van der Waals surface area (Å²) in [6.07, 6.45) is 4.34. The molecule has 1 aliphatic heterocycles. The maximum absolute atomic E-state index is 12.7. The molecule has 3 rings (SSSR count). The number of likely N-dealkylation sites (N-methyl/N-ethyl adjacent to an activating group) is 1. The van der Waals surface area contributed by atoms with E-state index in [0.29, 0.717) is 18.5 Å². The molecule has 1 aromatic rings. The van der Waals surface area contributed by atoms with E-state index in [-0.39, 0.29) is 12.0 Å². The molecule has 1 saturated carbocycles. The highest BCUT2D eigenvalue weighted by atomic mass is 16.5. The number of carbonyl (C=O) groups excluding carboxylic acids is 1. The normalized spacial score (nSPS) is 27.2. The van der Waals surface area contributed by atoms with Crippen molar-refractivity contribution in [2.24, 2.45) is 5.73 Å². The van der Waals surface area contributed by atoms with E-state index in [1.165, 1.54) is 11.1 Å². The number of benzene rings is 1. The van der Waals surface area contributed by atoms with Crippen molar-refractivity contribution in [3.63, 3.8) is 0 Å². The van der Waals surface area contributed by atoms with Gasteiger partial charge >= 0.3 is 0 Å². The summed E-state index contributed by atoms with van der Waals surface area (Å²) in [6.45, 7) is 4.17. The van der Waals surface area contributed by atoms with Gasteiger partial charge in [-0.25, -0.2) is 0 Å². The van der Waals surface area contributed by atoms with Gasteiger partial charge < -0.3 is 15.4 Å². The molecule has 2 N–H and O–H groups in total. The Morgan fingerprint density at radius 1 is 1.18 bits per heavy atom. The lowest BCUT2D eigenvalue weighted by atomic mass is 9.90. The number of fused-ring (bicyclic) bond motifs is 1. The molecule has 1 aliphatic carbocycles. The van der Waals surface area contributed by atoms with Gasteiger partial charge in [0.25, 0.3) is 5.91 Å². The quantitative estimate of drug-likeness (QED) is 0.912. The SMILES string of the molecule is Cc1cc2c(cc1C)O[C@@H](C(=O)N(C)C1CCC(N)CC1)C2. The van der Waals surface area contributed by atoms with E-state index in [2.05, 4.69) is 26.0 Å². The minimum Gasteiger partial charge on any atom is -0.480 e. The number of hydrogen-bond acceptors (Lipinski definition) is 3. The van der Waals surface area contributed by atoms with Crippen LogP contribution in [0.2, 0.25) is 0 Å². The van der Waals surface area contributed by atoms with Gasteiger partial charge in [0.15, 0.2) is 6.10 Å². The van der Waals surface area contributed by atoms with Crippen molar-refractivity contribution < 1.29 is 9.53 Å². The Morgan fingerprint density at radius 2 is 1.82 bits per heavy atom.